The van der Waals surface area contributed by atoms with Gasteiger partial charge in [-0.1, -0.05) is 29.8 Å². The van der Waals surface area contributed by atoms with Gasteiger partial charge < -0.3 is 19.8 Å². The first-order chi connectivity index (χ1) is 10.8. The van der Waals surface area contributed by atoms with Crippen molar-refractivity contribution in [1.82, 2.24) is 9.47 Å². The fourth-order valence-electron chi connectivity index (χ4n) is 3.32. The Morgan fingerprint density at radius 1 is 1.14 bits per heavy atom. The third-order valence-electron chi connectivity index (χ3n) is 4.34. The number of para-hydroxylation sites is 1. The Labute approximate surface area is 130 Å². The van der Waals surface area contributed by atoms with Crippen molar-refractivity contribution in [3.8, 4) is 0 Å². The molecule has 0 saturated carbocycles. The third kappa shape index (κ3) is 3.31. The van der Waals surface area contributed by atoms with E-state index >= 15 is 0 Å². The summed E-state index contributed by atoms with van der Waals surface area (Å²) in [6, 6.07) is 7.97. The summed E-state index contributed by atoms with van der Waals surface area (Å²) in [6.07, 6.45) is 6.75. The lowest BCUT2D eigenvalue weighted by Crippen LogP contribution is -2.37. The summed E-state index contributed by atoms with van der Waals surface area (Å²) >= 11 is 0. The number of aliphatic hydroxyl groups is 1. The Hall–Kier alpha value is -1.85. The Bertz CT molecular complexity index is 644. The summed E-state index contributed by atoms with van der Waals surface area (Å²) in [5.41, 5.74) is 1.92. The fourth-order valence-corrected chi connectivity index (χ4v) is 3.32. The van der Waals surface area contributed by atoms with Crippen LogP contribution in [-0.4, -0.2) is 51.7 Å². The molecule has 0 amide bonds. The third-order valence-corrected chi connectivity index (χ3v) is 4.34. The summed E-state index contributed by atoms with van der Waals surface area (Å²) in [5.74, 6) is 0. The molecule has 3 rings (SSSR count). The van der Waals surface area contributed by atoms with Gasteiger partial charge in [0.05, 0.1) is 12.3 Å². The first-order valence-electron chi connectivity index (χ1n) is 7.93. The van der Waals surface area contributed by atoms with Gasteiger partial charge in [0.15, 0.2) is 0 Å². The van der Waals surface area contributed by atoms with E-state index in [0.29, 0.717) is 6.54 Å². The maximum Gasteiger partial charge on any atom is 0.0845 e. The van der Waals surface area contributed by atoms with Crippen molar-refractivity contribution in [2.45, 2.75) is 31.9 Å². The minimum atomic E-state index is -0.396. The highest BCUT2D eigenvalue weighted by atomic mass is 16.4. The number of aliphatic hydroxyl groups excluding tert-OH is 1. The predicted octanol–water partition coefficient (Wildman–Crippen LogP) is 2.30. The molecule has 0 radical (unpaired) electrons. The number of piperidine rings is 1. The van der Waals surface area contributed by atoms with Crippen molar-refractivity contribution in [2.75, 3.05) is 19.6 Å². The maximum atomic E-state index is 10.4. The van der Waals surface area contributed by atoms with Gasteiger partial charge in [-0.3, -0.25) is 0 Å². The lowest BCUT2D eigenvalue weighted by Gasteiger charge is -2.28. The number of hydrogen-bond donors (Lipinski definition) is 2. The molecular formula is C17H23N3O2. The summed E-state index contributed by atoms with van der Waals surface area (Å²) in [6.45, 7) is 3.45. The number of benzene rings is 1. The topological polar surface area (TPSA) is 61.0 Å². The zero-order chi connectivity index (χ0) is 15.4. The van der Waals surface area contributed by atoms with E-state index in [1.807, 2.05) is 35.0 Å². The number of β-amino-alcohol motifs (C(OH)–C–C–N with tert-alkyl or cyclic N) is 1. The molecule has 118 valence electrons. The molecule has 1 aromatic heterocycles. The Balaban J connectivity index is 1.75. The van der Waals surface area contributed by atoms with Gasteiger partial charge in [0.1, 0.15) is 0 Å². The molecule has 2 N–H and O–H groups in total. The van der Waals surface area contributed by atoms with Crippen molar-refractivity contribution in [1.29, 1.82) is 0 Å². The first-order valence-corrected chi connectivity index (χ1v) is 7.93. The second kappa shape index (κ2) is 6.94. The largest absolute Gasteiger partial charge is 0.411 e. The van der Waals surface area contributed by atoms with Crippen molar-refractivity contribution >= 4 is 17.1 Å². The van der Waals surface area contributed by atoms with Crippen LogP contribution in [0, 0.1) is 0 Å². The zero-order valence-corrected chi connectivity index (χ0v) is 12.7. The molecule has 1 saturated heterocycles. The smallest absolute Gasteiger partial charge is 0.0845 e. The van der Waals surface area contributed by atoms with Gasteiger partial charge in [0.25, 0.3) is 0 Å². The molecule has 0 bridgehead atoms. The summed E-state index contributed by atoms with van der Waals surface area (Å²) in [5, 5.41) is 23.4. The molecule has 2 aromatic rings. The van der Waals surface area contributed by atoms with Crippen LogP contribution in [0.2, 0.25) is 0 Å². The second-order valence-corrected chi connectivity index (χ2v) is 6.01. The van der Waals surface area contributed by atoms with Gasteiger partial charge in [-0.15, -0.1) is 0 Å². The van der Waals surface area contributed by atoms with E-state index in [9.17, 15) is 5.11 Å². The van der Waals surface area contributed by atoms with Gasteiger partial charge in [0.2, 0.25) is 0 Å². The molecule has 0 spiro atoms. The van der Waals surface area contributed by atoms with Gasteiger partial charge in [0, 0.05) is 35.8 Å². The van der Waals surface area contributed by atoms with Crippen LogP contribution in [-0.2, 0) is 6.54 Å². The van der Waals surface area contributed by atoms with Crippen LogP contribution < -0.4 is 0 Å². The zero-order valence-electron chi connectivity index (χ0n) is 12.7. The van der Waals surface area contributed by atoms with Gasteiger partial charge in [-0.25, -0.2) is 0 Å². The van der Waals surface area contributed by atoms with Crippen LogP contribution in [0.4, 0.5) is 0 Å². The fraction of sp³-hybridized carbons (Fsp3) is 0.471. The van der Waals surface area contributed by atoms with E-state index in [-0.39, 0.29) is 0 Å². The quantitative estimate of drug-likeness (QED) is 0.506. The maximum absolute atomic E-state index is 10.4. The van der Waals surface area contributed by atoms with Crippen LogP contribution in [0.25, 0.3) is 10.9 Å². The summed E-state index contributed by atoms with van der Waals surface area (Å²) in [4.78, 5) is 2.34. The monoisotopic (exact) mass is 301 g/mol. The SMILES string of the molecule is O/N=C/c1cn(C[C@@H](O)CN2CCCCC2)c2ccccc12. The molecule has 1 aliphatic heterocycles. The molecule has 5 heteroatoms. The Kier molecular flexibility index (Phi) is 4.75. The normalized spacial score (nSPS) is 18.2. The van der Waals surface area contributed by atoms with Crippen LogP contribution >= 0.6 is 0 Å². The molecule has 2 heterocycles. The Morgan fingerprint density at radius 3 is 2.68 bits per heavy atom. The summed E-state index contributed by atoms with van der Waals surface area (Å²) in [7, 11) is 0. The number of likely N-dealkylation sites (tertiary alicyclic amines) is 1. The highest BCUT2D eigenvalue weighted by Crippen LogP contribution is 2.20. The van der Waals surface area contributed by atoms with E-state index in [4.69, 9.17) is 5.21 Å². The van der Waals surface area contributed by atoms with Gasteiger partial charge >= 0.3 is 0 Å². The van der Waals surface area contributed by atoms with Gasteiger partial charge in [-0.2, -0.15) is 0 Å². The first kappa shape index (κ1) is 15.1. The minimum Gasteiger partial charge on any atom is -0.411 e. The lowest BCUT2D eigenvalue weighted by molar-refractivity contribution is 0.0892. The van der Waals surface area contributed by atoms with Gasteiger partial charge in [-0.05, 0) is 32.0 Å². The van der Waals surface area contributed by atoms with E-state index in [1.54, 1.807) is 0 Å². The van der Waals surface area contributed by atoms with Crippen molar-refractivity contribution in [2.24, 2.45) is 5.16 Å². The highest BCUT2D eigenvalue weighted by molar-refractivity contribution is 5.99. The van der Waals surface area contributed by atoms with Crippen molar-refractivity contribution in [3.63, 3.8) is 0 Å². The number of aromatic nitrogens is 1. The van der Waals surface area contributed by atoms with Crippen molar-refractivity contribution in [3.05, 3.63) is 36.0 Å². The average Bonchev–Trinajstić information content (AvgIpc) is 2.87. The van der Waals surface area contributed by atoms with Crippen LogP contribution in [0.5, 0.6) is 0 Å². The molecule has 1 aromatic carbocycles. The van der Waals surface area contributed by atoms with E-state index < -0.39 is 6.10 Å². The minimum absolute atomic E-state index is 0.396. The molecule has 1 fully saturated rings. The number of rotatable bonds is 5. The number of oxime groups is 1. The summed E-state index contributed by atoms with van der Waals surface area (Å²) < 4.78 is 2.04. The molecule has 1 atom stereocenters. The second-order valence-electron chi connectivity index (χ2n) is 6.01. The van der Waals surface area contributed by atoms with E-state index in [0.717, 1.165) is 36.1 Å². The molecule has 22 heavy (non-hydrogen) atoms. The molecule has 0 unspecified atom stereocenters. The average molecular weight is 301 g/mol. The van der Waals surface area contributed by atoms with Crippen LogP contribution in [0.1, 0.15) is 24.8 Å². The standard InChI is InChI=1S/C17H23N3O2/c21-15(12-19-8-4-1-5-9-19)13-20-11-14(10-18-22)16-6-2-3-7-17(16)20/h2-3,6-7,10-11,15,21-22H,1,4-5,8-9,12-13H2/b18-10+/t15-/m0/s1. The molecular weight excluding hydrogens is 278 g/mol. The Morgan fingerprint density at radius 2 is 1.91 bits per heavy atom. The van der Waals surface area contributed by atoms with E-state index in [2.05, 4.69) is 10.1 Å². The molecule has 5 nitrogen and oxygen atoms in total. The lowest BCUT2D eigenvalue weighted by atomic mass is 10.1. The van der Waals surface area contributed by atoms with Crippen molar-refractivity contribution < 1.29 is 10.3 Å². The number of fused-ring (bicyclic) bond motifs is 1. The van der Waals surface area contributed by atoms with Crippen LogP contribution in [0.15, 0.2) is 35.6 Å². The molecule has 1 aliphatic rings. The number of hydrogen-bond acceptors (Lipinski definition) is 4. The number of nitrogens with zero attached hydrogens (tertiary/aromatic N) is 3. The predicted molar refractivity (Wildman–Crippen MR) is 87.6 cm³/mol. The van der Waals surface area contributed by atoms with E-state index in [1.165, 1.54) is 25.5 Å². The highest BCUT2D eigenvalue weighted by Gasteiger charge is 2.16. The van der Waals surface area contributed by atoms with Crippen LogP contribution in [0.3, 0.4) is 0 Å². The molecule has 0 aliphatic carbocycles.